The van der Waals surface area contributed by atoms with Crippen molar-refractivity contribution >= 4 is 17.8 Å². The van der Waals surface area contributed by atoms with Crippen molar-refractivity contribution in [2.75, 3.05) is 13.7 Å². The maximum Gasteiger partial charge on any atom is 0.335 e. The molecule has 5 rings (SSSR count). The molecule has 204 valence electrons. The topological polar surface area (TPSA) is 138 Å². The summed E-state index contributed by atoms with van der Waals surface area (Å²) >= 11 is 0. The Hall–Kier alpha value is -4.06. The van der Waals surface area contributed by atoms with Crippen LogP contribution < -0.4 is 20.1 Å². The van der Waals surface area contributed by atoms with Gasteiger partial charge in [0.05, 0.1) is 29.7 Å². The molecule has 3 fully saturated rings. The molecule has 3 saturated carbocycles. The molecule has 0 aromatic heterocycles. The number of rotatable bonds is 9. The number of nitrogens with zero attached hydrogens (tertiary/aromatic N) is 1. The van der Waals surface area contributed by atoms with Gasteiger partial charge in [0.25, 0.3) is 5.91 Å². The van der Waals surface area contributed by atoms with Crippen molar-refractivity contribution in [3.8, 4) is 23.3 Å². The number of nitriles is 1. The number of carbonyl (C=O) groups excluding carboxylic acids is 2. The summed E-state index contributed by atoms with van der Waals surface area (Å²) in [6, 6.07) is 10.4. The van der Waals surface area contributed by atoms with Gasteiger partial charge in [0, 0.05) is 18.7 Å². The van der Waals surface area contributed by atoms with E-state index in [0.717, 1.165) is 32.1 Å². The lowest BCUT2D eigenvalue weighted by Crippen LogP contribution is -2.51. The van der Waals surface area contributed by atoms with Gasteiger partial charge < -0.3 is 25.2 Å². The third kappa shape index (κ3) is 5.29. The molecule has 0 heterocycles. The molecule has 4 atom stereocenters. The summed E-state index contributed by atoms with van der Waals surface area (Å²) in [5.74, 6) is -0.547. The molecule has 39 heavy (non-hydrogen) atoms. The summed E-state index contributed by atoms with van der Waals surface area (Å²) in [6.07, 6.45) is 6.33. The lowest BCUT2D eigenvalue weighted by molar-refractivity contribution is -0.128. The maximum absolute atomic E-state index is 13.6. The molecule has 9 heteroatoms. The Balaban J connectivity index is 1.35. The summed E-state index contributed by atoms with van der Waals surface area (Å²) in [4.78, 5) is 38.0. The number of carboxylic acids is 1. The number of ether oxygens (including phenoxy) is 2. The van der Waals surface area contributed by atoms with Crippen LogP contribution in [0.2, 0.25) is 0 Å². The molecule has 3 aliphatic rings. The van der Waals surface area contributed by atoms with Gasteiger partial charge >= 0.3 is 5.97 Å². The molecule has 2 aromatic rings. The molecule has 9 nitrogen and oxygen atoms in total. The molecule has 3 aliphatic carbocycles. The van der Waals surface area contributed by atoms with E-state index >= 15 is 0 Å². The number of methoxy groups -OCH3 is 1. The molecular formula is C30H33N3O6. The van der Waals surface area contributed by atoms with E-state index in [4.69, 9.17) is 14.6 Å². The molecule has 2 bridgehead atoms. The van der Waals surface area contributed by atoms with E-state index < -0.39 is 11.9 Å². The van der Waals surface area contributed by atoms with Crippen molar-refractivity contribution < 1.29 is 29.0 Å². The first kappa shape index (κ1) is 26.5. The monoisotopic (exact) mass is 531 g/mol. The zero-order valence-corrected chi connectivity index (χ0v) is 22.2. The molecule has 4 unspecified atom stereocenters. The van der Waals surface area contributed by atoms with Crippen LogP contribution in [0.3, 0.4) is 0 Å². The number of nitrogens with one attached hydrogen (secondary N) is 2. The first-order valence-corrected chi connectivity index (χ1v) is 13.4. The van der Waals surface area contributed by atoms with Crippen LogP contribution in [0.25, 0.3) is 0 Å². The lowest BCUT2D eigenvalue weighted by atomic mass is 9.70. The van der Waals surface area contributed by atoms with Gasteiger partial charge in [-0.2, -0.15) is 5.26 Å². The quantitative estimate of drug-likeness (QED) is 0.433. The number of hydrogen-bond donors (Lipinski definition) is 3. The van der Waals surface area contributed by atoms with Gasteiger partial charge in [-0.05, 0) is 79.7 Å². The van der Waals surface area contributed by atoms with Gasteiger partial charge in [0.1, 0.15) is 23.3 Å². The second-order valence-corrected chi connectivity index (χ2v) is 11.3. The molecule has 2 aromatic carbocycles. The van der Waals surface area contributed by atoms with Crippen LogP contribution in [0.5, 0.6) is 17.2 Å². The lowest BCUT2D eigenvalue weighted by Gasteiger charge is -2.39. The van der Waals surface area contributed by atoms with Crippen molar-refractivity contribution in [3.05, 3.63) is 53.1 Å². The Bertz CT molecular complexity index is 1330. The van der Waals surface area contributed by atoms with Crippen LogP contribution >= 0.6 is 0 Å². The minimum Gasteiger partial charge on any atom is -0.496 e. The predicted octanol–water partition coefficient (Wildman–Crippen LogP) is 4.51. The highest BCUT2D eigenvalue weighted by molar-refractivity contribution is 5.98. The highest BCUT2D eigenvalue weighted by Gasteiger charge is 2.51. The van der Waals surface area contributed by atoms with E-state index in [1.165, 1.54) is 49.9 Å². The minimum atomic E-state index is -1.06. The number of amides is 2. The third-order valence-electron chi connectivity index (χ3n) is 8.76. The predicted molar refractivity (Wildman–Crippen MR) is 142 cm³/mol. The van der Waals surface area contributed by atoms with Crippen molar-refractivity contribution in [1.29, 1.82) is 5.26 Å². The summed E-state index contributed by atoms with van der Waals surface area (Å²) in [5.41, 5.74) is 0.625. The molecule has 2 amide bonds. The average Bonchev–Trinajstić information content (AvgIpc) is 3.52. The Morgan fingerprint density at radius 3 is 2.44 bits per heavy atom. The van der Waals surface area contributed by atoms with Crippen LogP contribution in [-0.2, 0) is 4.79 Å². The normalized spacial score (nSPS) is 24.2. The molecular weight excluding hydrogens is 498 g/mol. The summed E-state index contributed by atoms with van der Waals surface area (Å²) in [6.45, 7) is 2.87. The van der Waals surface area contributed by atoms with E-state index in [0.29, 0.717) is 12.3 Å². The van der Waals surface area contributed by atoms with E-state index in [1.807, 2.05) is 0 Å². The number of fused-ring (bicyclic) bond motifs is 2. The summed E-state index contributed by atoms with van der Waals surface area (Å²) in [7, 11) is 1.42. The zero-order valence-electron chi connectivity index (χ0n) is 22.2. The summed E-state index contributed by atoms with van der Waals surface area (Å²) in [5, 5.41) is 25.1. The minimum absolute atomic E-state index is 0.0150. The smallest absolute Gasteiger partial charge is 0.335 e. The first-order chi connectivity index (χ1) is 18.7. The summed E-state index contributed by atoms with van der Waals surface area (Å²) < 4.78 is 11.3. The van der Waals surface area contributed by atoms with Crippen LogP contribution in [0.15, 0.2) is 36.4 Å². The Morgan fingerprint density at radius 1 is 1.10 bits per heavy atom. The number of carbonyl (C=O) groups is 3. The fraction of sp³-hybridized carbons (Fsp3) is 0.467. The Morgan fingerprint density at radius 2 is 1.82 bits per heavy atom. The fourth-order valence-electron chi connectivity index (χ4n) is 6.35. The second-order valence-electron chi connectivity index (χ2n) is 11.3. The Kier molecular flexibility index (Phi) is 7.21. The highest BCUT2D eigenvalue weighted by atomic mass is 16.5. The highest BCUT2D eigenvalue weighted by Crippen LogP contribution is 2.49. The molecule has 3 N–H and O–H groups in total. The number of hydrogen-bond acceptors (Lipinski definition) is 6. The van der Waals surface area contributed by atoms with E-state index in [-0.39, 0.29) is 63.3 Å². The van der Waals surface area contributed by atoms with Crippen LogP contribution in [0, 0.1) is 34.5 Å². The molecule has 0 saturated heterocycles. The number of carboxylic acid groups (broad SMARTS) is 1. The second kappa shape index (κ2) is 10.6. The van der Waals surface area contributed by atoms with Gasteiger partial charge in [-0.1, -0.05) is 13.3 Å². The first-order valence-electron chi connectivity index (χ1n) is 13.4. The van der Waals surface area contributed by atoms with Crippen molar-refractivity contribution in [2.45, 2.75) is 51.5 Å². The van der Waals surface area contributed by atoms with Gasteiger partial charge in [-0.25, -0.2) is 4.79 Å². The van der Waals surface area contributed by atoms with Gasteiger partial charge in [0.2, 0.25) is 5.91 Å². The number of aromatic carboxylic acids is 1. The standard InChI is InChI=1S/C30H33N3O6/c1-30(10-3-11-30)16-32-28(35)25-18-4-5-19(12-18)26(25)33-27(34)22-14-23(20(15-31)13-24(22)38-2)39-21-8-6-17(7-9-21)29(36)37/h6-9,13-14,18-19,25-26H,3-5,10-12,16H2,1-2H3,(H,32,35)(H,33,34)(H,36,37). The third-order valence-corrected chi connectivity index (χ3v) is 8.76. The zero-order chi connectivity index (χ0) is 27.7. The Labute approximate surface area is 227 Å². The van der Waals surface area contributed by atoms with Crippen molar-refractivity contribution in [2.24, 2.45) is 23.2 Å². The largest absolute Gasteiger partial charge is 0.496 e. The van der Waals surface area contributed by atoms with Crippen molar-refractivity contribution in [3.63, 3.8) is 0 Å². The van der Waals surface area contributed by atoms with Gasteiger partial charge in [0.15, 0.2) is 0 Å². The van der Waals surface area contributed by atoms with E-state index in [9.17, 15) is 19.6 Å². The van der Waals surface area contributed by atoms with Gasteiger partial charge in [-0.15, -0.1) is 0 Å². The maximum atomic E-state index is 13.6. The van der Waals surface area contributed by atoms with E-state index in [1.54, 1.807) is 0 Å². The van der Waals surface area contributed by atoms with Crippen LogP contribution in [0.4, 0.5) is 0 Å². The molecule has 0 spiro atoms. The SMILES string of the molecule is COc1cc(C#N)c(Oc2ccc(C(=O)O)cc2)cc1C(=O)NC1C2CCC(C2)C1C(=O)NCC1(C)CCC1. The van der Waals surface area contributed by atoms with Crippen LogP contribution in [-0.4, -0.2) is 42.6 Å². The van der Waals surface area contributed by atoms with E-state index in [2.05, 4.69) is 23.6 Å². The van der Waals surface area contributed by atoms with Gasteiger partial charge in [-0.3, -0.25) is 9.59 Å². The fourth-order valence-corrected chi connectivity index (χ4v) is 6.35. The number of benzene rings is 2. The molecule has 0 radical (unpaired) electrons. The molecule has 0 aliphatic heterocycles. The van der Waals surface area contributed by atoms with Crippen molar-refractivity contribution in [1.82, 2.24) is 10.6 Å². The average molecular weight is 532 g/mol. The van der Waals surface area contributed by atoms with Crippen LogP contribution in [0.1, 0.15) is 71.7 Å².